The lowest BCUT2D eigenvalue weighted by atomic mass is 10.0. The molecule has 16 heteroatoms. The van der Waals surface area contributed by atoms with E-state index in [1.54, 1.807) is 49.4 Å². The molecule has 47 heavy (non-hydrogen) atoms. The Balaban J connectivity index is 1.48. The van der Waals surface area contributed by atoms with E-state index >= 15 is 0 Å². The van der Waals surface area contributed by atoms with Crippen LogP contribution in [0.5, 0.6) is 0 Å². The van der Waals surface area contributed by atoms with Gasteiger partial charge in [-0.1, -0.05) is 24.4 Å². The molecule has 3 heterocycles. The van der Waals surface area contributed by atoms with Crippen molar-refractivity contribution < 1.29 is 23.9 Å². The Labute approximate surface area is 274 Å². The summed E-state index contributed by atoms with van der Waals surface area (Å²) in [5.74, 6) is -0.462. The van der Waals surface area contributed by atoms with Gasteiger partial charge in [-0.2, -0.15) is 9.94 Å². The topological polar surface area (TPSA) is 202 Å². The summed E-state index contributed by atoms with van der Waals surface area (Å²) in [7, 11) is 1.25. The standard InChI is InChI=1S/C31H31ClN10O5/c1-3-47-30(44)23-7-5-4-6-22(37-27(43)13-8-18-14-19(32)9-12-26(18)42-17-34-40-41-42)29-38-25(16-33)28(39-29)21-11-10-20(15-24(21)36-23)35-31(45)46-2/h8-15,17,22-23,36H,3-7H2,1-2H3,(H,35,45)(H,37,43)(H,38,39). The fourth-order valence-corrected chi connectivity index (χ4v) is 5.32. The van der Waals surface area contributed by atoms with E-state index in [9.17, 15) is 19.6 Å². The monoisotopic (exact) mass is 658 g/mol. The number of carbonyl (C=O) groups excluding carboxylic acids is 3. The maximum absolute atomic E-state index is 13.3. The Hall–Kier alpha value is -5.75. The van der Waals surface area contributed by atoms with Crippen LogP contribution < -0.4 is 16.0 Å². The molecule has 2 bridgehead atoms. The van der Waals surface area contributed by atoms with Gasteiger partial charge in [0.25, 0.3) is 0 Å². The molecule has 4 N–H and O–H groups in total. The minimum Gasteiger partial charge on any atom is -0.464 e. The predicted octanol–water partition coefficient (Wildman–Crippen LogP) is 4.54. The number of aromatic amines is 1. The van der Waals surface area contributed by atoms with Crippen LogP contribution in [0.15, 0.2) is 48.8 Å². The number of benzene rings is 2. The number of aromatic nitrogens is 6. The summed E-state index contributed by atoms with van der Waals surface area (Å²) >= 11 is 6.22. The first-order valence-corrected chi connectivity index (χ1v) is 15.1. The highest BCUT2D eigenvalue weighted by Crippen LogP contribution is 2.35. The number of esters is 1. The number of fused-ring (bicyclic) bond motifs is 4. The highest BCUT2D eigenvalue weighted by molar-refractivity contribution is 6.30. The van der Waals surface area contributed by atoms with Crippen LogP contribution >= 0.6 is 11.6 Å². The van der Waals surface area contributed by atoms with Gasteiger partial charge in [0, 0.05) is 33.6 Å². The molecule has 0 radical (unpaired) electrons. The first kappa shape index (κ1) is 32.6. The zero-order valence-electron chi connectivity index (χ0n) is 25.5. The molecule has 2 aromatic carbocycles. The number of nitrogens with zero attached hydrogens (tertiary/aromatic N) is 6. The summed E-state index contributed by atoms with van der Waals surface area (Å²) in [5, 5.41) is 30.6. The van der Waals surface area contributed by atoms with E-state index in [0.717, 1.165) is 0 Å². The predicted molar refractivity (Wildman–Crippen MR) is 171 cm³/mol. The maximum atomic E-state index is 13.3. The molecule has 4 aromatic rings. The Bertz CT molecular complexity index is 1830. The van der Waals surface area contributed by atoms with Crippen LogP contribution in [0.25, 0.3) is 23.0 Å². The van der Waals surface area contributed by atoms with Crippen molar-refractivity contribution in [2.24, 2.45) is 0 Å². The molecular formula is C31H31ClN10O5. The van der Waals surface area contributed by atoms with Gasteiger partial charge < -0.3 is 25.1 Å². The number of imidazole rings is 1. The van der Waals surface area contributed by atoms with Gasteiger partial charge in [0.05, 0.1) is 31.1 Å². The number of hydrogen-bond acceptors (Lipinski definition) is 11. The number of halogens is 1. The summed E-state index contributed by atoms with van der Waals surface area (Å²) in [4.78, 5) is 45.9. The Morgan fingerprint density at radius 2 is 2.02 bits per heavy atom. The number of amides is 2. The van der Waals surface area contributed by atoms with Gasteiger partial charge in [0.2, 0.25) is 5.91 Å². The molecule has 0 aliphatic carbocycles. The third-order valence-electron chi connectivity index (χ3n) is 7.33. The largest absolute Gasteiger partial charge is 0.464 e. The Morgan fingerprint density at radius 3 is 2.77 bits per heavy atom. The van der Waals surface area contributed by atoms with Gasteiger partial charge >= 0.3 is 12.1 Å². The van der Waals surface area contributed by atoms with E-state index in [1.165, 1.54) is 24.2 Å². The number of nitriles is 1. The first-order valence-electron chi connectivity index (χ1n) is 14.7. The fourth-order valence-electron chi connectivity index (χ4n) is 5.14. The average molecular weight is 659 g/mol. The molecule has 2 aromatic heterocycles. The van der Waals surface area contributed by atoms with Crippen molar-refractivity contribution >= 4 is 47.0 Å². The van der Waals surface area contributed by atoms with E-state index in [1.807, 2.05) is 0 Å². The molecule has 5 rings (SSSR count). The SMILES string of the molecule is CCOC(=O)C1CCCCC(NC(=O)C=Cc2cc(Cl)ccc2-n2cnnn2)c2nc(C#N)c([nH]2)-c2ccc(NC(=O)OC)cc2N1. The van der Waals surface area contributed by atoms with Gasteiger partial charge in [-0.05, 0) is 72.7 Å². The summed E-state index contributed by atoms with van der Waals surface area (Å²) in [6.45, 7) is 1.93. The molecular weight excluding hydrogens is 628 g/mol. The summed E-state index contributed by atoms with van der Waals surface area (Å²) in [6, 6.07) is 10.9. The molecule has 0 spiro atoms. The Kier molecular flexibility index (Phi) is 10.4. The van der Waals surface area contributed by atoms with Gasteiger partial charge in [-0.25, -0.2) is 14.6 Å². The van der Waals surface area contributed by atoms with E-state index in [-0.39, 0.29) is 12.3 Å². The second-order valence-corrected chi connectivity index (χ2v) is 10.9. The van der Waals surface area contributed by atoms with E-state index in [4.69, 9.17) is 21.1 Å². The van der Waals surface area contributed by atoms with Crippen LogP contribution in [0, 0.1) is 11.3 Å². The van der Waals surface area contributed by atoms with Crippen molar-refractivity contribution in [1.29, 1.82) is 5.26 Å². The normalized spacial score (nSPS) is 16.0. The first-order chi connectivity index (χ1) is 22.8. The van der Waals surface area contributed by atoms with Crippen LogP contribution in [-0.2, 0) is 19.1 Å². The van der Waals surface area contributed by atoms with Crippen LogP contribution in [0.4, 0.5) is 16.2 Å². The number of ether oxygens (including phenoxy) is 2. The number of anilines is 2. The lowest BCUT2D eigenvalue weighted by Crippen LogP contribution is -2.32. The van der Waals surface area contributed by atoms with E-state index in [0.29, 0.717) is 70.4 Å². The highest BCUT2D eigenvalue weighted by Gasteiger charge is 2.27. The van der Waals surface area contributed by atoms with Gasteiger partial charge in [-0.15, -0.1) is 5.10 Å². The van der Waals surface area contributed by atoms with Crippen molar-refractivity contribution in [3.05, 3.63) is 70.9 Å². The third-order valence-corrected chi connectivity index (χ3v) is 7.57. The zero-order chi connectivity index (χ0) is 33.3. The summed E-state index contributed by atoms with van der Waals surface area (Å²) in [5.41, 5.74) is 3.06. The minimum atomic E-state index is -0.725. The van der Waals surface area contributed by atoms with Crippen LogP contribution in [0.3, 0.4) is 0 Å². The van der Waals surface area contributed by atoms with Crippen LogP contribution in [-0.4, -0.2) is 67.9 Å². The van der Waals surface area contributed by atoms with Crippen LogP contribution in [0.1, 0.15) is 55.7 Å². The number of rotatable bonds is 7. The van der Waals surface area contributed by atoms with Crippen molar-refractivity contribution in [2.45, 2.75) is 44.7 Å². The van der Waals surface area contributed by atoms with Crippen molar-refractivity contribution in [3.8, 4) is 23.0 Å². The zero-order valence-corrected chi connectivity index (χ0v) is 26.2. The van der Waals surface area contributed by atoms with Gasteiger partial charge in [0.1, 0.15) is 24.3 Å². The number of nitrogens with one attached hydrogen (secondary N) is 4. The lowest BCUT2D eigenvalue weighted by molar-refractivity contribution is -0.144. The molecule has 2 atom stereocenters. The molecule has 0 saturated heterocycles. The fraction of sp³-hybridized carbons (Fsp3) is 0.290. The van der Waals surface area contributed by atoms with Gasteiger partial charge in [-0.3, -0.25) is 10.1 Å². The third kappa shape index (κ3) is 7.92. The summed E-state index contributed by atoms with van der Waals surface area (Å²) < 4.78 is 11.5. The van der Waals surface area contributed by atoms with Crippen molar-refractivity contribution in [1.82, 2.24) is 35.5 Å². The molecule has 2 unspecified atom stereocenters. The van der Waals surface area contributed by atoms with Gasteiger partial charge in [0.15, 0.2) is 5.69 Å². The number of tetrazole rings is 1. The average Bonchev–Trinajstić information content (AvgIpc) is 3.75. The minimum absolute atomic E-state index is 0.0865. The van der Waals surface area contributed by atoms with Crippen molar-refractivity contribution in [2.75, 3.05) is 24.4 Å². The number of carbonyl (C=O) groups is 3. The molecule has 0 fully saturated rings. The molecule has 15 nitrogen and oxygen atoms in total. The van der Waals surface area contributed by atoms with E-state index in [2.05, 4.69) is 47.5 Å². The molecule has 2 amide bonds. The molecule has 242 valence electrons. The number of hydrogen-bond donors (Lipinski definition) is 4. The second kappa shape index (κ2) is 15.0. The second-order valence-electron chi connectivity index (χ2n) is 10.4. The maximum Gasteiger partial charge on any atom is 0.411 e. The number of methoxy groups -OCH3 is 1. The smallest absolute Gasteiger partial charge is 0.411 e. The number of H-pyrrole nitrogens is 1. The Morgan fingerprint density at radius 1 is 1.19 bits per heavy atom. The molecule has 1 aliphatic rings. The van der Waals surface area contributed by atoms with Crippen LogP contribution in [0.2, 0.25) is 5.02 Å². The quantitative estimate of drug-likeness (QED) is 0.160. The van der Waals surface area contributed by atoms with Crippen molar-refractivity contribution in [3.63, 3.8) is 0 Å². The highest BCUT2D eigenvalue weighted by atomic mass is 35.5. The lowest BCUT2D eigenvalue weighted by Gasteiger charge is -2.22. The summed E-state index contributed by atoms with van der Waals surface area (Å²) in [6.07, 6.45) is 5.84. The molecule has 1 aliphatic heterocycles. The molecule has 0 saturated carbocycles. The van der Waals surface area contributed by atoms with E-state index < -0.39 is 30.1 Å².